The van der Waals surface area contributed by atoms with Crippen molar-refractivity contribution in [2.45, 2.75) is 13.0 Å². The van der Waals surface area contributed by atoms with Crippen LogP contribution in [0.15, 0.2) is 48.7 Å². The summed E-state index contributed by atoms with van der Waals surface area (Å²) in [7, 11) is 1.68. The third-order valence-electron chi connectivity index (χ3n) is 4.75. The summed E-state index contributed by atoms with van der Waals surface area (Å²) in [5.41, 5.74) is 1.29. The first kappa shape index (κ1) is 20.8. The number of amides is 2. The van der Waals surface area contributed by atoms with Gasteiger partial charge in [-0.05, 0) is 30.5 Å². The number of pyridine rings is 1. The van der Waals surface area contributed by atoms with E-state index in [4.69, 9.17) is 16.7 Å². The zero-order valence-electron chi connectivity index (χ0n) is 16.1. The lowest BCUT2D eigenvalue weighted by Gasteiger charge is -2.27. The van der Waals surface area contributed by atoms with Crippen LogP contribution < -0.4 is 10.6 Å². The van der Waals surface area contributed by atoms with Crippen LogP contribution in [0.2, 0.25) is 5.02 Å². The SMILES string of the molecule is C[C@@H](c1cnc(NCCO)c2ccccc12)N(C)C(=O)Nc1ccc(F)c(Cl)c1. The first-order chi connectivity index (χ1) is 13.9. The molecule has 0 radical (unpaired) electrons. The Balaban J connectivity index is 1.85. The summed E-state index contributed by atoms with van der Waals surface area (Å²) in [6, 6.07) is 11.1. The lowest BCUT2D eigenvalue weighted by molar-refractivity contribution is 0.208. The zero-order chi connectivity index (χ0) is 21.0. The molecule has 0 unspecified atom stereocenters. The van der Waals surface area contributed by atoms with Gasteiger partial charge in [-0.2, -0.15) is 0 Å². The first-order valence-corrected chi connectivity index (χ1v) is 9.51. The van der Waals surface area contributed by atoms with Crippen molar-refractivity contribution in [3.05, 3.63) is 65.1 Å². The van der Waals surface area contributed by atoms with Crippen molar-refractivity contribution in [1.82, 2.24) is 9.88 Å². The van der Waals surface area contributed by atoms with Gasteiger partial charge in [0.15, 0.2) is 0 Å². The molecule has 1 atom stereocenters. The number of aliphatic hydroxyl groups is 1. The number of carbonyl (C=O) groups is 1. The molecule has 3 aromatic rings. The summed E-state index contributed by atoms with van der Waals surface area (Å²) in [5.74, 6) is 0.137. The van der Waals surface area contributed by atoms with Gasteiger partial charge in [0.25, 0.3) is 0 Å². The predicted octanol–water partition coefficient (Wildman–Crippen LogP) is 4.66. The molecule has 0 aliphatic carbocycles. The second kappa shape index (κ2) is 9.07. The Morgan fingerprint density at radius 2 is 2.00 bits per heavy atom. The quantitative estimate of drug-likeness (QED) is 0.546. The Labute approximate surface area is 173 Å². The van der Waals surface area contributed by atoms with E-state index in [2.05, 4.69) is 15.6 Å². The van der Waals surface area contributed by atoms with Gasteiger partial charge in [-0.15, -0.1) is 0 Å². The molecule has 1 aromatic heterocycles. The summed E-state index contributed by atoms with van der Waals surface area (Å²) in [5, 5.41) is 16.7. The fraction of sp³-hybridized carbons (Fsp3) is 0.238. The molecule has 2 aromatic carbocycles. The standard InChI is InChI=1S/C21H22ClFN4O2/c1-13(27(2)21(29)26-14-7-8-19(23)18(22)11-14)17-12-25-20(24-9-10-28)16-6-4-3-5-15(16)17/h3-8,11-13,28H,9-10H2,1-2H3,(H,24,25)(H,26,29)/t13-/m0/s1. The van der Waals surface area contributed by atoms with E-state index in [-0.39, 0.29) is 23.7 Å². The number of anilines is 2. The van der Waals surface area contributed by atoms with E-state index in [1.165, 1.54) is 18.2 Å². The highest BCUT2D eigenvalue weighted by Gasteiger charge is 2.21. The summed E-state index contributed by atoms with van der Waals surface area (Å²) < 4.78 is 13.3. The Morgan fingerprint density at radius 3 is 2.69 bits per heavy atom. The van der Waals surface area contributed by atoms with Crippen molar-refractivity contribution >= 4 is 39.9 Å². The molecule has 0 fully saturated rings. The number of halogens is 2. The summed E-state index contributed by atoms with van der Waals surface area (Å²) in [6.45, 7) is 2.31. The molecule has 3 N–H and O–H groups in total. The fourth-order valence-corrected chi connectivity index (χ4v) is 3.21. The largest absolute Gasteiger partial charge is 0.395 e. The molecule has 2 amide bonds. The first-order valence-electron chi connectivity index (χ1n) is 9.13. The minimum Gasteiger partial charge on any atom is -0.395 e. The number of urea groups is 1. The lowest BCUT2D eigenvalue weighted by atomic mass is 10.0. The molecule has 0 saturated carbocycles. The van der Waals surface area contributed by atoms with Crippen molar-refractivity contribution in [3.8, 4) is 0 Å². The summed E-state index contributed by atoms with van der Waals surface area (Å²) >= 11 is 5.78. The maximum Gasteiger partial charge on any atom is 0.322 e. The molecule has 0 aliphatic rings. The summed E-state index contributed by atoms with van der Waals surface area (Å²) in [4.78, 5) is 18.7. The highest BCUT2D eigenvalue weighted by molar-refractivity contribution is 6.31. The smallest absolute Gasteiger partial charge is 0.322 e. The maximum absolute atomic E-state index is 13.3. The van der Waals surface area contributed by atoms with Crippen LogP contribution in [0.1, 0.15) is 18.5 Å². The molecule has 0 spiro atoms. The van der Waals surface area contributed by atoms with Crippen LogP contribution in [0.4, 0.5) is 20.7 Å². The zero-order valence-corrected chi connectivity index (χ0v) is 16.9. The molecule has 6 nitrogen and oxygen atoms in total. The van der Waals surface area contributed by atoms with Crippen molar-refractivity contribution in [2.24, 2.45) is 0 Å². The van der Waals surface area contributed by atoms with Crippen LogP contribution >= 0.6 is 11.6 Å². The number of carbonyl (C=O) groups excluding carboxylic acids is 1. The lowest BCUT2D eigenvalue weighted by Crippen LogP contribution is -2.33. The van der Waals surface area contributed by atoms with Crippen molar-refractivity contribution < 1.29 is 14.3 Å². The minimum absolute atomic E-state index is 0.00444. The Hall–Kier alpha value is -2.90. The van der Waals surface area contributed by atoms with Gasteiger partial charge in [0.2, 0.25) is 0 Å². The number of nitrogens with one attached hydrogen (secondary N) is 2. The molecule has 3 rings (SSSR count). The van der Waals surface area contributed by atoms with E-state index >= 15 is 0 Å². The van der Waals surface area contributed by atoms with Crippen LogP contribution in [0.25, 0.3) is 10.8 Å². The van der Waals surface area contributed by atoms with Gasteiger partial charge in [-0.1, -0.05) is 35.9 Å². The Bertz CT molecular complexity index is 1030. The van der Waals surface area contributed by atoms with Gasteiger partial charge < -0.3 is 20.6 Å². The maximum atomic E-state index is 13.3. The van der Waals surface area contributed by atoms with E-state index in [9.17, 15) is 9.18 Å². The third-order valence-corrected chi connectivity index (χ3v) is 5.04. The average molecular weight is 417 g/mol. The Kier molecular flexibility index (Phi) is 6.51. The van der Waals surface area contributed by atoms with Gasteiger partial charge in [-0.25, -0.2) is 14.2 Å². The van der Waals surface area contributed by atoms with Crippen molar-refractivity contribution in [2.75, 3.05) is 30.8 Å². The number of benzene rings is 2. The van der Waals surface area contributed by atoms with Crippen LogP contribution in [0.5, 0.6) is 0 Å². The van der Waals surface area contributed by atoms with E-state index in [0.717, 1.165) is 16.3 Å². The molecule has 0 aliphatic heterocycles. The molecule has 0 saturated heterocycles. The molecular weight excluding hydrogens is 395 g/mol. The monoisotopic (exact) mass is 416 g/mol. The fourth-order valence-electron chi connectivity index (χ4n) is 3.03. The second-order valence-corrected chi connectivity index (χ2v) is 7.01. The topological polar surface area (TPSA) is 77.5 Å². The second-order valence-electron chi connectivity index (χ2n) is 6.60. The highest BCUT2D eigenvalue weighted by Crippen LogP contribution is 2.31. The number of nitrogens with zero attached hydrogens (tertiary/aromatic N) is 2. The minimum atomic E-state index is -0.543. The number of aromatic nitrogens is 1. The van der Waals surface area contributed by atoms with Crippen molar-refractivity contribution in [1.29, 1.82) is 0 Å². The van der Waals surface area contributed by atoms with Crippen LogP contribution in [-0.2, 0) is 0 Å². The normalized spacial score (nSPS) is 11.9. The van der Waals surface area contributed by atoms with Crippen LogP contribution in [0.3, 0.4) is 0 Å². The average Bonchev–Trinajstić information content (AvgIpc) is 2.73. The van der Waals surface area contributed by atoms with Crippen LogP contribution in [-0.4, -0.2) is 41.2 Å². The van der Waals surface area contributed by atoms with E-state index < -0.39 is 5.82 Å². The molecule has 29 heavy (non-hydrogen) atoms. The number of hydrogen-bond acceptors (Lipinski definition) is 4. The number of fused-ring (bicyclic) bond motifs is 1. The van der Waals surface area contributed by atoms with E-state index in [1.54, 1.807) is 18.1 Å². The predicted molar refractivity (Wildman–Crippen MR) is 114 cm³/mol. The number of aliphatic hydroxyl groups excluding tert-OH is 1. The molecule has 152 valence electrons. The molecule has 8 heteroatoms. The third kappa shape index (κ3) is 4.58. The number of rotatable bonds is 6. The van der Waals surface area contributed by atoms with E-state index in [0.29, 0.717) is 18.1 Å². The molecule has 1 heterocycles. The van der Waals surface area contributed by atoms with Gasteiger partial charge in [-0.3, -0.25) is 0 Å². The summed E-state index contributed by atoms with van der Waals surface area (Å²) in [6.07, 6.45) is 1.73. The molecular formula is C21H22ClFN4O2. The number of hydrogen-bond donors (Lipinski definition) is 3. The van der Waals surface area contributed by atoms with Gasteiger partial charge in [0.1, 0.15) is 11.6 Å². The van der Waals surface area contributed by atoms with Crippen molar-refractivity contribution in [3.63, 3.8) is 0 Å². The molecule has 0 bridgehead atoms. The highest BCUT2D eigenvalue weighted by atomic mass is 35.5. The Morgan fingerprint density at radius 1 is 1.28 bits per heavy atom. The van der Waals surface area contributed by atoms with Gasteiger partial charge in [0, 0.05) is 36.4 Å². The van der Waals surface area contributed by atoms with Crippen LogP contribution in [0, 0.1) is 5.82 Å². The van der Waals surface area contributed by atoms with Gasteiger partial charge in [0.05, 0.1) is 17.7 Å². The van der Waals surface area contributed by atoms with Gasteiger partial charge >= 0.3 is 6.03 Å². The van der Waals surface area contributed by atoms with E-state index in [1.807, 2.05) is 31.2 Å².